The molecule has 0 amide bonds. The van der Waals surface area contributed by atoms with Gasteiger partial charge in [0.05, 0.1) is 10.0 Å². The number of benzene rings is 2. The maximum Gasteiger partial charge on any atom is 0.203 e. The third-order valence-corrected chi connectivity index (χ3v) is 4.30. The van der Waals surface area contributed by atoms with Gasteiger partial charge in [0, 0.05) is 23.7 Å². The van der Waals surface area contributed by atoms with Gasteiger partial charge >= 0.3 is 0 Å². The molecule has 24 heavy (non-hydrogen) atoms. The monoisotopic (exact) mass is 375 g/mol. The molecule has 0 fully saturated rings. The molecule has 1 aliphatic rings. The number of nitrogens with two attached hydrogens (primary N) is 1. The van der Waals surface area contributed by atoms with E-state index >= 15 is 0 Å². The summed E-state index contributed by atoms with van der Waals surface area (Å²) in [5, 5.41) is 28.5. The molecule has 1 aliphatic heterocycles. The number of aromatic hydroxyl groups is 3. The van der Waals surface area contributed by atoms with Crippen LogP contribution in [0.15, 0.2) is 12.1 Å². The summed E-state index contributed by atoms with van der Waals surface area (Å²) in [6, 6.07) is 2.18. The molecule has 0 aromatic heterocycles. The van der Waals surface area contributed by atoms with Gasteiger partial charge in [0.15, 0.2) is 23.0 Å². The van der Waals surface area contributed by atoms with Crippen molar-refractivity contribution < 1.29 is 29.2 Å². The van der Waals surface area contributed by atoms with Gasteiger partial charge in [-0.15, -0.1) is 0 Å². The van der Waals surface area contributed by atoms with E-state index in [-0.39, 0.29) is 45.8 Å². The molecule has 1 atom stereocenters. The summed E-state index contributed by atoms with van der Waals surface area (Å²) >= 11 is 12.1. The molecule has 0 unspecified atom stereocenters. The Morgan fingerprint density at radius 2 is 1.75 bits per heavy atom. The number of phenols is 3. The van der Waals surface area contributed by atoms with Crippen LogP contribution in [0.1, 0.15) is 0 Å². The maximum atomic E-state index is 13.9. The lowest BCUT2D eigenvalue weighted by Gasteiger charge is -2.28. The van der Waals surface area contributed by atoms with Crippen LogP contribution in [0.2, 0.25) is 10.0 Å². The molecule has 0 bridgehead atoms. The van der Waals surface area contributed by atoms with Gasteiger partial charge in [-0.1, -0.05) is 23.2 Å². The van der Waals surface area contributed by atoms with Crippen molar-refractivity contribution in [2.24, 2.45) is 5.73 Å². The second kappa shape index (κ2) is 6.08. The average Bonchev–Trinajstić information content (AvgIpc) is 2.58. The van der Waals surface area contributed by atoms with Gasteiger partial charge in [0.1, 0.15) is 18.5 Å². The molecule has 1 heterocycles. The molecule has 0 spiro atoms. The summed E-state index contributed by atoms with van der Waals surface area (Å²) in [6.07, 6.45) is -0.474. The molecule has 0 saturated carbocycles. The van der Waals surface area contributed by atoms with Crippen molar-refractivity contribution in [1.29, 1.82) is 0 Å². The molecule has 2 aromatic rings. The highest BCUT2D eigenvalue weighted by Gasteiger charge is 2.30. The van der Waals surface area contributed by atoms with E-state index in [2.05, 4.69) is 0 Å². The second-order valence-electron chi connectivity index (χ2n) is 5.12. The first-order valence-corrected chi connectivity index (χ1v) is 7.56. The van der Waals surface area contributed by atoms with E-state index in [4.69, 9.17) is 38.4 Å². The molecule has 2 aromatic carbocycles. The molecule has 128 valence electrons. The van der Waals surface area contributed by atoms with E-state index < -0.39 is 29.2 Å². The van der Waals surface area contributed by atoms with Crippen molar-refractivity contribution in [1.82, 2.24) is 0 Å². The first kappa shape index (κ1) is 16.8. The third kappa shape index (κ3) is 2.54. The lowest BCUT2D eigenvalue weighted by molar-refractivity contribution is 0.0971. The zero-order valence-corrected chi connectivity index (χ0v) is 13.5. The molecule has 0 radical (unpaired) electrons. The predicted octanol–water partition coefficient (Wildman–Crippen LogP) is 3.01. The topological polar surface area (TPSA) is 105 Å². The zero-order valence-electron chi connectivity index (χ0n) is 12.0. The largest absolute Gasteiger partial charge is 0.503 e. The van der Waals surface area contributed by atoms with Crippen molar-refractivity contribution >= 4 is 23.2 Å². The van der Waals surface area contributed by atoms with Gasteiger partial charge in [-0.3, -0.25) is 0 Å². The number of rotatable bonds is 2. The van der Waals surface area contributed by atoms with Gasteiger partial charge in [-0.25, -0.2) is 4.39 Å². The maximum absolute atomic E-state index is 13.9. The number of hydrogen-bond donors (Lipinski definition) is 4. The summed E-state index contributed by atoms with van der Waals surface area (Å²) in [5.41, 5.74) is 5.50. The molecule has 6 nitrogen and oxygen atoms in total. The summed E-state index contributed by atoms with van der Waals surface area (Å²) in [6.45, 7) is 0.295. The summed E-state index contributed by atoms with van der Waals surface area (Å²) in [7, 11) is 0. The average molecular weight is 376 g/mol. The van der Waals surface area contributed by atoms with Crippen LogP contribution < -0.4 is 15.2 Å². The highest BCUT2D eigenvalue weighted by Crippen LogP contribution is 2.55. The van der Waals surface area contributed by atoms with E-state index in [9.17, 15) is 19.7 Å². The predicted molar refractivity (Wildman–Crippen MR) is 85.8 cm³/mol. The van der Waals surface area contributed by atoms with Gasteiger partial charge in [0.2, 0.25) is 5.75 Å². The fraction of sp³-hybridized carbons (Fsp3) is 0.200. The highest BCUT2D eigenvalue weighted by molar-refractivity contribution is 6.41. The molecular weight excluding hydrogens is 364 g/mol. The number of phenolic OH excluding ortho intramolecular Hbond substituents is 3. The number of halogens is 3. The quantitative estimate of drug-likeness (QED) is 0.601. The molecule has 0 aliphatic carbocycles. The van der Waals surface area contributed by atoms with Crippen molar-refractivity contribution in [2.75, 3.05) is 13.2 Å². The van der Waals surface area contributed by atoms with Crippen LogP contribution in [-0.2, 0) is 0 Å². The Bertz CT molecular complexity index is 801. The minimum atomic E-state index is -0.879. The Kier molecular flexibility index (Phi) is 4.25. The highest BCUT2D eigenvalue weighted by atomic mass is 35.5. The number of fused-ring (bicyclic) bond motifs is 1. The molecular formula is C15H12Cl2FNO5. The molecule has 9 heteroatoms. The standard InChI is InChI=1S/C15H12Cl2FNO5/c16-10-9(11(17)13(21)14(22)12(10)20)7-1-5(18)2-8-15(7)24-6(3-19)4-23-8/h1-2,6,20-22H,3-4,19H2/t6-/m0/s1. The van der Waals surface area contributed by atoms with Crippen LogP contribution in [-0.4, -0.2) is 34.6 Å². The van der Waals surface area contributed by atoms with E-state index in [1.165, 1.54) is 0 Å². The minimum absolute atomic E-state index is 0.0451. The van der Waals surface area contributed by atoms with Gasteiger partial charge < -0.3 is 30.5 Å². The van der Waals surface area contributed by atoms with Gasteiger partial charge in [0.25, 0.3) is 0 Å². The van der Waals surface area contributed by atoms with Crippen LogP contribution in [0.4, 0.5) is 4.39 Å². The van der Waals surface area contributed by atoms with Gasteiger partial charge in [-0.2, -0.15) is 0 Å². The van der Waals surface area contributed by atoms with E-state index in [1.807, 2.05) is 0 Å². The van der Waals surface area contributed by atoms with Crippen molar-refractivity contribution in [3.05, 3.63) is 28.0 Å². The fourth-order valence-electron chi connectivity index (χ4n) is 2.37. The summed E-state index contributed by atoms with van der Waals surface area (Å²) < 4.78 is 25.1. The Morgan fingerprint density at radius 1 is 1.12 bits per heavy atom. The van der Waals surface area contributed by atoms with Crippen LogP contribution in [0, 0.1) is 5.82 Å². The number of hydrogen-bond acceptors (Lipinski definition) is 6. The van der Waals surface area contributed by atoms with Crippen LogP contribution >= 0.6 is 23.2 Å². The molecule has 0 saturated heterocycles. The smallest absolute Gasteiger partial charge is 0.203 e. The fourth-order valence-corrected chi connectivity index (χ4v) is 2.99. The van der Waals surface area contributed by atoms with E-state index in [1.54, 1.807) is 0 Å². The molecule has 3 rings (SSSR count). The molecule has 5 N–H and O–H groups in total. The first-order chi connectivity index (χ1) is 11.3. The van der Waals surface area contributed by atoms with Crippen LogP contribution in [0.25, 0.3) is 11.1 Å². The van der Waals surface area contributed by atoms with Gasteiger partial charge in [-0.05, 0) is 6.07 Å². The minimum Gasteiger partial charge on any atom is -0.503 e. The summed E-state index contributed by atoms with van der Waals surface area (Å²) in [4.78, 5) is 0. The lowest BCUT2D eigenvalue weighted by Crippen LogP contribution is -2.36. The van der Waals surface area contributed by atoms with E-state index in [0.29, 0.717) is 0 Å². The lowest BCUT2D eigenvalue weighted by atomic mass is 10.0. The number of ether oxygens (including phenoxy) is 2. The SMILES string of the molecule is NC[C@H]1COc2cc(F)cc(-c3c(Cl)c(O)c(O)c(O)c3Cl)c2O1. The Balaban J connectivity index is 2.30. The second-order valence-corrected chi connectivity index (χ2v) is 5.87. The van der Waals surface area contributed by atoms with E-state index in [0.717, 1.165) is 12.1 Å². The first-order valence-electron chi connectivity index (χ1n) is 6.80. The zero-order chi connectivity index (χ0) is 17.6. The Hall–Kier alpha value is -2.09. The Morgan fingerprint density at radius 3 is 2.33 bits per heavy atom. The third-order valence-electron chi connectivity index (χ3n) is 3.56. The Labute approximate surface area is 145 Å². The van der Waals surface area contributed by atoms with Crippen molar-refractivity contribution in [3.63, 3.8) is 0 Å². The van der Waals surface area contributed by atoms with Crippen LogP contribution in [0.3, 0.4) is 0 Å². The summed E-state index contributed by atoms with van der Waals surface area (Å²) in [5.74, 6) is -2.91. The van der Waals surface area contributed by atoms with Crippen molar-refractivity contribution in [2.45, 2.75) is 6.10 Å². The van der Waals surface area contributed by atoms with Crippen molar-refractivity contribution in [3.8, 4) is 39.9 Å². The van der Waals surface area contributed by atoms with Crippen LogP contribution in [0.5, 0.6) is 28.7 Å². The normalized spacial score (nSPS) is 16.2.